The Bertz CT molecular complexity index is 754. The number of carbonyl (C=O) groups is 1. The number of hydrogen-bond acceptors (Lipinski definition) is 5. The molecule has 0 spiro atoms. The fourth-order valence-electron chi connectivity index (χ4n) is 2.15. The number of aromatic nitrogens is 2. The minimum Gasteiger partial charge on any atom is -0.493 e. The second kappa shape index (κ2) is 7.44. The molecule has 0 aliphatic carbocycles. The van der Waals surface area contributed by atoms with Gasteiger partial charge in [0.2, 0.25) is 0 Å². The molecule has 0 aliphatic heterocycles. The molecule has 0 atom stereocenters. The largest absolute Gasteiger partial charge is 0.493 e. The van der Waals surface area contributed by atoms with Crippen LogP contribution in [0.2, 0.25) is 0 Å². The summed E-state index contributed by atoms with van der Waals surface area (Å²) in [6.07, 6.45) is 1.92. The molecular weight excluding hydrogens is 300 g/mol. The molecular formula is C16H18N2O5. The van der Waals surface area contributed by atoms with Crippen LogP contribution in [0.1, 0.15) is 23.4 Å². The smallest absolute Gasteiger partial charge is 0.303 e. The number of nitrogens with one attached hydrogen (secondary N) is 1. The molecule has 2 aromatic rings. The zero-order valence-corrected chi connectivity index (χ0v) is 13.0. The zero-order chi connectivity index (χ0) is 16.8. The Labute approximate surface area is 132 Å². The fraction of sp³-hybridized carbons (Fsp3) is 0.312. The summed E-state index contributed by atoms with van der Waals surface area (Å²) in [7, 11) is 3.12. The molecule has 1 aromatic heterocycles. The highest BCUT2D eigenvalue weighted by Gasteiger charge is 2.08. The first kappa shape index (κ1) is 16.5. The maximum atomic E-state index is 11.9. The van der Waals surface area contributed by atoms with Crippen LogP contribution in [0.5, 0.6) is 11.5 Å². The predicted molar refractivity (Wildman–Crippen MR) is 83.2 cm³/mol. The first-order chi connectivity index (χ1) is 11.0. The lowest BCUT2D eigenvalue weighted by molar-refractivity contribution is -0.136. The van der Waals surface area contributed by atoms with Crippen LogP contribution in [0.3, 0.4) is 0 Å². The van der Waals surface area contributed by atoms with Crippen molar-refractivity contribution in [3.63, 3.8) is 0 Å². The second-order valence-electron chi connectivity index (χ2n) is 4.94. The molecule has 7 nitrogen and oxygen atoms in total. The number of methoxy groups -OCH3 is 2. The van der Waals surface area contributed by atoms with Gasteiger partial charge in [0.05, 0.1) is 14.2 Å². The first-order valence-corrected chi connectivity index (χ1v) is 7.03. The molecule has 0 saturated carbocycles. The molecule has 1 aromatic carbocycles. The van der Waals surface area contributed by atoms with E-state index >= 15 is 0 Å². The molecule has 0 unspecified atom stereocenters. The quantitative estimate of drug-likeness (QED) is 0.800. The van der Waals surface area contributed by atoms with E-state index in [9.17, 15) is 9.59 Å². The lowest BCUT2D eigenvalue weighted by Crippen LogP contribution is -2.17. The lowest BCUT2D eigenvalue weighted by Gasteiger charge is -2.09. The maximum Gasteiger partial charge on any atom is 0.303 e. The van der Waals surface area contributed by atoms with Gasteiger partial charge in [-0.2, -0.15) is 0 Å². The van der Waals surface area contributed by atoms with Gasteiger partial charge < -0.3 is 19.6 Å². The normalized spacial score (nSPS) is 10.3. The van der Waals surface area contributed by atoms with Crippen LogP contribution in [0.15, 0.2) is 29.2 Å². The van der Waals surface area contributed by atoms with Gasteiger partial charge in [-0.15, -0.1) is 0 Å². The summed E-state index contributed by atoms with van der Waals surface area (Å²) in [6.45, 7) is 0. The summed E-state index contributed by atoms with van der Waals surface area (Å²) < 4.78 is 10.4. The highest BCUT2D eigenvalue weighted by Crippen LogP contribution is 2.28. The van der Waals surface area contributed by atoms with Crippen LogP contribution in [-0.2, 0) is 17.6 Å². The van der Waals surface area contributed by atoms with Crippen molar-refractivity contribution in [1.29, 1.82) is 0 Å². The van der Waals surface area contributed by atoms with E-state index in [1.165, 1.54) is 6.20 Å². The summed E-state index contributed by atoms with van der Waals surface area (Å²) >= 11 is 0. The topological polar surface area (TPSA) is 102 Å². The third kappa shape index (κ3) is 4.32. The third-order valence-corrected chi connectivity index (χ3v) is 3.35. The Morgan fingerprint density at radius 3 is 2.61 bits per heavy atom. The van der Waals surface area contributed by atoms with Crippen molar-refractivity contribution >= 4 is 5.97 Å². The van der Waals surface area contributed by atoms with Gasteiger partial charge in [-0.05, 0) is 24.1 Å². The van der Waals surface area contributed by atoms with E-state index in [4.69, 9.17) is 14.6 Å². The molecule has 122 valence electrons. The van der Waals surface area contributed by atoms with E-state index in [0.29, 0.717) is 29.3 Å². The predicted octanol–water partition coefficient (Wildman–Crippen LogP) is 1.40. The van der Waals surface area contributed by atoms with E-state index in [-0.39, 0.29) is 18.4 Å². The van der Waals surface area contributed by atoms with E-state index in [0.717, 1.165) is 5.56 Å². The van der Waals surface area contributed by atoms with E-state index in [2.05, 4.69) is 9.97 Å². The van der Waals surface area contributed by atoms with E-state index in [1.54, 1.807) is 20.3 Å². The Morgan fingerprint density at radius 1 is 1.26 bits per heavy atom. The molecule has 23 heavy (non-hydrogen) atoms. The van der Waals surface area contributed by atoms with Gasteiger partial charge >= 0.3 is 5.97 Å². The molecule has 0 fully saturated rings. The molecule has 0 radical (unpaired) electrons. The number of aryl methyl sites for hydroxylation is 1. The van der Waals surface area contributed by atoms with Crippen LogP contribution in [0.25, 0.3) is 0 Å². The zero-order valence-electron chi connectivity index (χ0n) is 13.0. The Morgan fingerprint density at radius 2 is 2.00 bits per heavy atom. The number of carboxylic acid groups (broad SMARTS) is 1. The van der Waals surface area contributed by atoms with Crippen molar-refractivity contribution in [3.8, 4) is 11.5 Å². The van der Waals surface area contributed by atoms with Crippen molar-refractivity contribution in [2.75, 3.05) is 14.2 Å². The fourth-order valence-corrected chi connectivity index (χ4v) is 2.15. The summed E-state index contributed by atoms with van der Waals surface area (Å²) in [5.41, 5.74) is 0.962. The summed E-state index contributed by atoms with van der Waals surface area (Å²) in [5.74, 6) is 0.784. The van der Waals surface area contributed by atoms with Gasteiger partial charge in [0.15, 0.2) is 11.5 Å². The Hall–Kier alpha value is -2.83. The van der Waals surface area contributed by atoms with Crippen LogP contribution in [-0.4, -0.2) is 35.3 Å². The minimum atomic E-state index is -0.946. The van der Waals surface area contributed by atoms with Gasteiger partial charge in [0.1, 0.15) is 5.82 Å². The molecule has 1 heterocycles. The molecule has 2 rings (SSSR count). The van der Waals surface area contributed by atoms with Gasteiger partial charge in [0.25, 0.3) is 5.56 Å². The minimum absolute atomic E-state index is 0.0974. The van der Waals surface area contributed by atoms with Crippen LogP contribution in [0.4, 0.5) is 0 Å². The maximum absolute atomic E-state index is 11.9. The van der Waals surface area contributed by atoms with Crippen molar-refractivity contribution < 1.29 is 19.4 Å². The van der Waals surface area contributed by atoms with Crippen molar-refractivity contribution in [1.82, 2.24) is 9.97 Å². The molecule has 0 saturated heterocycles. The lowest BCUT2D eigenvalue weighted by atomic mass is 10.1. The Kier molecular flexibility index (Phi) is 5.35. The molecule has 0 bridgehead atoms. The number of nitrogens with zero attached hydrogens (tertiary/aromatic N) is 1. The third-order valence-electron chi connectivity index (χ3n) is 3.35. The molecule has 0 amide bonds. The van der Waals surface area contributed by atoms with Crippen molar-refractivity contribution in [3.05, 3.63) is 51.7 Å². The van der Waals surface area contributed by atoms with Crippen LogP contribution >= 0.6 is 0 Å². The van der Waals surface area contributed by atoms with Gasteiger partial charge in [-0.25, -0.2) is 4.98 Å². The number of benzene rings is 1. The van der Waals surface area contributed by atoms with Crippen molar-refractivity contribution in [2.45, 2.75) is 19.3 Å². The van der Waals surface area contributed by atoms with E-state index in [1.807, 2.05) is 12.1 Å². The average Bonchev–Trinajstić information content (AvgIpc) is 2.53. The molecule has 2 N–H and O–H groups in total. The van der Waals surface area contributed by atoms with Gasteiger partial charge in [-0.1, -0.05) is 6.07 Å². The summed E-state index contributed by atoms with van der Waals surface area (Å²) in [4.78, 5) is 29.4. The SMILES string of the molecule is COc1ccc(Cc2ncc(CCC(=O)O)c(=O)[nH]2)cc1OC. The van der Waals surface area contributed by atoms with E-state index < -0.39 is 5.97 Å². The highest BCUT2D eigenvalue weighted by molar-refractivity contribution is 5.67. The standard InChI is InChI=1S/C16H18N2O5/c1-22-12-5-3-10(7-13(12)23-2)8-14-17-9-11(16(21)18-14)4-6-15(19)20/h3,5,7,9H,4,6,8H2,1-2H3,(H,19,20)(H,17,18,21). The van der Waals surface area contributed by atoms with Crippen LogP contribution in [0, 0.1) is 0 Å². The van der Waals surface area contributed by atoms with Gasteiger partial charge in [-0.3, -0.25) is 9.59 Å². The summed E-state index contributed by atoms with van der Waals surface area (Å²) in [5, 5.41) is 8.65. The highest BCUT2D eigenvalue weighted by atomic mass is 16.5. The average molecular weight is 318 g/mol. The number of carboxylic acids is 1. The first-order valence-electron chi connectivity index (χ1n) is 7.03. The number of rotatable bonds is 7. The number of ether oxygens (including phenoxy) is 2. The van der Waals surface area contributed by atoms with Gasteiger partial charge in [0, 0.05) is 24.6 Å². The Balaban J connectivity index is 2.16. The molecule has 0 aliphatic rings. The van der Waals surface area contributed by atoms with Crippen LogP contribution < -0.4 is 15.0 Å². The number of hydrogen-bond donors (Lipinski definition) is 2. The van der Waals surface area contributed by atoms with Crippen molar-refractivity contribution in [2.24, 2.45) is 0 Å². The monoisotopic (exact) mass is 318 g/mol. The second-order valence-corrected chi connectivity index (χ2v) is 4.94. The number of aromatic amines is 1. The molecule has 7 heteroatoms. The number of aliphatic carboxylic acids is 1. The number of H-pyrrole nitrogens is 1. The summed E-state index contributed by atoms with van der Waals surface area (Å²) in [6, 6.07) is 5.46.